The van der Waals surface area contributed by atoms with Gasteiger partial charge in [-0.15, -0.1) is 0 Å². The first-order valence-electron chi connectivity index (χ1n) is 11.6. The Morgan fingerprint density at radius 2 is 1.76 bits per heavy atom. The van der Waals surface area contributed by atoms with E-state index in [0.717, 1.165) is 21.2 Å². The molecule has 9 nitrogen and oxygen atoms in total. The Hall–Kier alpha value is -4.18. The van der Waals surface area contributed by atoms with Crippen LogP contribution in [0.3, 0.4) is 0 Å². The third-order valence-corrected chi connectivity index (χ3v) is 6.49. The van der Waals surface area contributed by atoms with Crippen LogP contribution in [0.1, 0.15) is 29.7 Å². The second-order valence-electron chi connectivity index (χ2n) is 8.40. The number of aromatic nitrogens is 4. The smallest absolute Gasteiger partial charge is 0.338 e. The molecule has 1 aliphatic heterocycles. The molecule has 1 aliphatic rings. The molecule has 0 bridgehead atoms. The number of hydrogen-bond acceptors (Lipinski definition) is 8. The first-order chi connectivity index (χ1) is 18.0. The second kappa shape index (κ2) is 10.8. The lowest BCUT2D eigenvalue weighted by molar-refractivity contribution is -0.140. The van der Waals surface area contributed by atoms with Crippen molar-refractivity contribution in [1.82, 2.24) is 20.2 Å². The fourth-order valence-corrected chi connectivity index (χ4v) is 4.37. The molecule has 3 aromatic carbocycles. The fraction of sp³-hybridized carbons (Fsp3) is 0.185. The Kier molecular flexibility index (Phi) is 7.18. The third kappa shape index (κ3) is 5.34. The molecule has 1 atom stereocenters. The van der Waals surface area contributed by atoms with Crippen LogP contribution in [0, 0.1) is 0 Å². The number of nitrogens with one attached hydrogen (secondary N) is 1. The topological polar surface area (TPSA) is 100 Å². The van der Waals surface area contributed by atoms with E-state index in [9.17, 15) is 4.79 Å². The number of allylic oxidation sites excluding steroid dienone is 1. The van der Waals surface area contributed by atoms with E-state index in [4.69, 9.17) is 14.2 Å². The van der Waals surface area contributed by atoms with Gasteiger partial charge in [0.1, 0.15) is 19.3 Å². The highest BCUT2D eigenvalue weighted by Crippen LogP contribution is 2.39. The Labute approximate surface area is 222 Å². The van der Waals surface area contributed by atoms with Crippen LogP contribution >= 0.6 is 15.9 Å². The Morgan fingerprint density at radius 1 is 1.00 bits per heavy atom. The summed E-state index contributed by atoms with van der Waals surface area (Å²) in [6.45, 7) is 2.33. The van der Waals surface area contributed by atoms with Crippen molar-refractivity contribution >= 4 is 27.8 Å². The lowest BCUT2D eigenvalue weighted by Gasteiger charge is -2.28. The number of rotatable bonds is 8. The average Bonchev–Trinajstić information content (AvgIpc) is 3.39. The van der Waals surface area contributed by atoms with Gasteiger partial charge in [-0.1, -0.05) is 69.6 Å². The summed E-state index contributed by atoms with van der Waals surface area (Å²) in [6.07, 6.45) is 0. The SMILES string of the molecule is COc1cc(C2C(C(=O)OCc3ccccc3)=C(C)Nc3nnnn32)ccc1OCc1ccc(Br)cc1. The summed E-state index contributed by atoms with van der Waals surface area (Å²) < 4.78 is 19.9. The summed E-state index contributed by atoms with van der Waals surface area (Å²) in [4.78, 5) is 13.3. The van der Waals surface area contributed by atoms with Crippen LogP contribution in [0.4, 0.5) is 5.95 Å². The molecule has 0 fully saturated rings. The van der Waals surface area contributed by atoms with Gasteiger partial charge in [0, 0.05) is 10.2 Å². The van der Waals surface area contributed by atoms with E-state index < -0.39 is 12.0 Å². The maximum Gasteiger partial charge on any atom is 0.338 e. The van der Waals surface area contributed by atoms with Crippen molar-refractivity contribution in [3.05, 3.63) is 105 Å². The minimum Gasteiger partial charge on any atom is -0.493 e. The van der Waals surface area contributed by atoms with Gasteiger partial charge in [0.25, 0.3) is 0 Å². The number of ether oxygens (including phenoxy) is 3. The number of nitrogens with zero attached hydrogens (tertiary/aromatic N) is 4. The fourth-order valence-electron chi connectivity index (χ4n) is 4.10. The minimum atomic E-state index is -0.621. The molecular weight excluding hydrogens is 538 g/mol. The van der Waals surface area contributed by atoms with Gasteiger partial charge in [-0.3, -0.25) is 0 Å². The van der Waals surface area contributed by atoms with Gasteiger partial charge in [0.15, 0.2) is 11.5 Å². The van der Waals surface area contributed by atoms with E-state index >= 15 is 0 Å². The molecule has 0 saturated carbocycles. The largest absolute Gasteiger partial charge is 0.493 e. The molecule has 188 valence electrons. The number of halogens is 1. The van der Waals surface area contributed by atoms with Crippen molar-refractivity contribution in [2.24, 2.45) is 0 Å². The normalized spacial score (nSPS) is 14.5. The van der Waals surface area contributed by atoms with E-state index in [1.165, 1.54) is 0 Å². The molecule has 4 aromatic rings. The highest BCUT2D eigenvalue weighted by atomic mass is 79.9. The maximum atomic E-state index is 13.3. The van der Waals surface area contributed by atoms with E-state index in [-0.39, 0.29) is 6.61 Å². The minimum absolute atomic E-state index is 0.151. The van der Waals surface area contributed by atoms with Gasteiger partial charge < -0.3 is 19.5 Å². The number of carbonyl (C=O) groups is 1. The average molecular weight is 562 g/mol. The zero-order valence-corrected chi connectivity index (χ0v) is 21.8. The van der Waals surface area contributed by atoms with Crippen molar-refractivity contribution in [3.63, 3.8) is 0 Å². The highest BCUT2D eigenvalue weighted by molar-refractivity contribution is 9.10. The van der Waals surface area contributed by atoms with E-state index in [1.54, 1.807) is 18.7 Å². The number of hydrogen-bond donors (Lipinski definition) is 1. The standard InChI is InChI=1S/C27H24BrN5O4/c1-17-24(26(34)37-16-18-6-4-3-5-7-18)25(33-27(29-17)30-31-32-33)20-10-13-22(23(14-20)35-2)36-15-19-8-11-21(28)12-9-19/h3-14,25H,15-16H2,1-2H3,(H,29,30,32). The summed E-state index contributed by atoms with van der Waals surface area (Å²) >= 11 is 3.44. The molecular formula is C27H24BrN5O4. The van der Waals surface area contributed by atoms with Gasteiger partial charge in [-0.05, 0) is 58.3 Å². The molecule has 0 amide bonds. The summed E-state index contributed by atoms with van der Waals surface area (Å²) in [5, 5.41) is 15.1. The van der Waals surface area contributed by atoms with Crippen LogP contribution < -0.4 is 14.8 Å². The maximum absolute atomic E-state index is 13.3. The quantitative estimate of drug-likeness (QED) is 0.298. The summed E-state index contributed by atoms with van der Waals surface area (Å²) in [6, 6.07) is 22.3. The molecule has 0 spiro atoms. The second-order valence-corrected chi connectivity index (χ2v) is 9.32. The lowest BCUT2D eigenvalue weighted by atomic mass is 9.95. The number of methoxy groups -OCH3 is 1. The Morgan fingerprint density at radius 3 is 2.51 bits per heavy atom. The van der Waals surface area contributed by atoms with Gasteiger partial charge in [-0.25, -0.2) is 4.79 Å². The van der Waals surface area contributed by atoms with Gasteiger partial charge >= 0.3 is 5.97 Å². The molecule has 1 unspecified atom stereocenters. The predicted octanol–water partition coefficient (Wildman–Crippen LogP) is 5.06. The van der Waals surface area contributed by atoms with Crippen LogP contribution in [-0.4, -0.2) is 33.3 Å². The molecule has 5 rings (SSSR count). The third-order valence-electron chi connectivity index (χ3n) is 5.96. The number of benzene rings is 3. The Bertz CT molecular complexity index is 1440. The first-order valence-corrected chi connectivity index (χ1v) is 12.3. The van der Waals surface area contributed by atoms with Gasteiger partial charge in [0.05, 0.1) is 12.7 Å². The predicted molar refractivity (Wildman–Crippen MR) is 140 cm³/mol. The number of carbonyl (C=O) groups excluding carboxylic acids is 1. The monoisotopic (exact) mass is 561 g/mol. The Balaban J connectivity index is 1.43. The summed E-state index contributed by atoms with van der Waals surface area (Å²) in [7, 11) is 1.58. The number of fused-ring (bicyclic) bond motifs is 1. The lowest BCUT2D eigenvalue weighted by Crippen LogP contribution is -2.29. The molecule has 37 heavy (non-hydrogen) atoms. The van der Waals surface area contributed by atoms with Crippen LogP contribution in [0.15, 0.2) is 88.5 Å². The van der Waals surface area contributed by atoms with Crippen LogP contribution in [0.5, 0.6) is 11.5 Å². The highest BCUT2D eigenvalue weighted by Gasteiger charge is 2.35. The first kappa shape index (κ1) is 24.5. The number of anilines is 1. The van der Waals surface area contributed by atoms with Crippen molar-refractivity contribution in [1.29, 1.82) is 0 Å². The van der Waals surface area contributed by atoms with Gasteiger partial charge in [0.2, 0.25) is 5.95 Å². The van der Waals surface area contributed by atoms with Crippen molar-refractivity contribution in [2.45, 2.75) is 26.2 Å². The summed E-state index contributed by atoms with van der Waals surface area (Å²) in [5.41, 5.74) is 3.68. The molecule has 0 radical (unpaired) electrons. The molecule has 0 saturated heterocycles. The van der Waals surface area contributed by atoms with Crippen molar-refractivity contribution < 1.29 is 19.0 Å². The van der Waals surface area contributed by atoms with Crippen molar-refractivity contribution in [2.75, 3.05) is 12.4 Å². The zero-order valence-electron chi connectivity index (χ0n) is 20.2. The molecule has 1 N–H and O–H groups in total. The molecule has 1 aromatic heterocycles. The summed E-state index contributed by atoms with van der Waals surface area (Å²) in [5.74, 6) is 1.07. The van der Waals surface area contributed by atoms with E-state index in [2.05, 4.69) is 36.8 Å². The molecule has 10 heteroatoms. The van der Waals surface area contributed by atoms with Gasteiger partial charge in [-0.2, -0.15) is 4.68 Å². The molecule has 0 aliphatic carbocycles. The zero-order chi connectivity index (χ0) is 25.8. The van der Waals surface area contributed by atoms with Crippen LogP contribution in [0.25, 0.3) is 0 Å². The van der Waals surface area contributed by atoms with E-state index in [0.29, 0.717) is 35.3 Å². The van der Waals surface area contributed by atoms with Crippen LogP contribution in [-0.2, 0) is 22.7 Å². The number of tetrazole rings is 1. The van der Waals surface area contributed by atoms with Crippen LogP contribution in [0.2, 0.25) is 0 Å². The van der Waals surface area contributed by atoms with E-state index in [1.807, 2.05) is 72.8 Å². The van der Waals surface area contributed by atoms with Crippen molar-refractivity contribution in [3.8, 4) is 11.5 Å². The number of esters is 1. The molecule has 2 heterocycles.